The molecule has 0 aliphatic rings. The number of halogens is 1. The van der Waals surface area contributed by atoms with Crippen molar-refractivity contribution in [3.63, 3.8) is 0 Å². The van der Waals surface area contributed by atoms with Gasteiger partial charge < -0.3 is 5.32 Å². The quantitative estimate of drug-likeness (QED) is 0.667. The summed E-state index contributed by atoms with van der Waals surface area (Å²) in [5.74, 6) is -0.0912. The van der Waals surface area contributed by atoms with Crippen LogP contribution in [-0.2, 0) is 11.3 Å². The highest BCUT2D eigenvalue weighted by atomic mass is 35.5. The van der Waals surface area contributed by atoms with Gasteiger partial charge in [-0.15, -0.1) is 11.3 Å². The molecule has 3 aromatic rings. The fraction of sp³-hybridized carbons (Fsp3) is 0.200. The zero-order chi connectivity index (χ0) is 17.6. The molecule has 0 saturated heterocycles. The van der Waals surface area contributed by atoms with Crippen molar-refractivity contribution in [1.82, 2.24) is 10.3 Å². The molecule has 1 amide bonds. The van der Waals surface area contributed by atoms with Gasteiger partial charge in [0.25, 0.3) is 0 Å². The van der Waals surface area contributed by atoms with Gasteiger partial charge in [-0.25, -0.2) is 4.98 Å². The number of rotatable bonds is 6. The van der Waals surface area contributed by atoms with Gasteiger partial charge in [0.1, 0.15) is 0 Å². The van der Waals surface area contributed by atoms with Gasteiger partial charge in [-0.3, -0.25) is 4.79 Å². The molecule has 1 atom stereocenters. The number of carbonyl (C=O) groups is 1. The predicted octanol–water partition coefficient (Wildman–Crippen LogP) is 4.94. The molecule has 0 fully saturated rings. The van der Waals surface area contributed by atoms with Crippen LogP contribution in [-0.4, -0.2) is 10.9 Å². The van der Waals surface area contributed by atoms with Crippen LogP contribution in [0.5, 0.6) is 0 Å². The number of amides is 1. The lowest BCUT2D eigenvalue weighted by atomic mass is 9.88. The Morgan fingerprint density at radius 2 is 1.88 bits per heavy atom. The molecule has 128 valence electrons. The first kappa shape index (κ1) is 17.6. The number of benzene rings is 2. The van der Waals surface area contributed by atoms with Crippen LogP contribution in [0.3, 0.4) is 0 Å². The van der Waals surface area contributed by atoms with Crippen molar-refractivity contribution < 1.29 is 4.79 Å². The molecular formula is C20H19ClN2OS. The Labute approximate surface area is 156 Å². The van der Waals surface area contributed by atoms with E-state index >= 15 is 0 Å². The molecule has 25 heavy (non-hydrogen) atoms. The zero-order valence-corrected chi connectivity index (χ0v) is 15.5. The van der Waals surface area contributed by atoms with Crippen LogP contribution in [0.1, 0.15) is 34.2 Å². The SMILES string of the molecule is Cc1nc(CNC(=O)C[C@H](c2ccccc2)c2ccccc2Cl)cs1. The van der Waals surface area contributed by atoms with Crippen molar-refractivity contribution in [1.29, 1.82) is 0 Å². The van der Waals surface area contributed by atoms with Crippen LogP contribution in [0.4, 0.5) is 0 Å². The van der Waals surface area contributed by atoms with Crippen LogP contribution >= 0.6 is 22.9 Å². The number of aryl methyl sites for hydroxylation is 1. The number of thiazole rings is 1. The summed E-state index contributed by atoms with van der Waals surface area (Å²) < 4.78 is 0. The van der Waals surface area contributed by atoms with E-state index in [0.717, 1.165) is 21.8 Å². The van der Waals surface area contributed by atoms with Gasteiger partial charge >= 0.3 is 0 Å². The summed E-state index contributed by atoms with van der Waals surface area (Å²) in [6, 6.07) is 17.7. The second kappa shape index (κ2) is 8.28. The number of hydrogen-bond acceptors (Lipinski definition) is 3. The largest absolute Gasteiger partial charge is 0.350 e. The number of carbonyl (C=O) groups excluding carboxylic acids is 1. The third-order valence-electron chi connectivity index (χ3n) is 4.01. The van der Waals surface area contributed by atoms with E-state index in [2.05, 4.69) is 10.3 Å². The molecule has 0 radical (unpaired) electrons. The highest BCUT2D eigenvalue weighted by molar-refractivity contribution is 7.09. The van der Waals surface area contributed by atoms with E-state index in [9.17, 15) is 4.79 Å². The van der Waals surface area contributed by atoms with Crippen LogP contribution in [0, 0.1) is 6.92 Å². The topological polar surface area (TPSA) is 42.0 Å². The van der Waals surface area contributed by atoms with Gasteiger partial charge in [0, 0.05) is 22.7 Å². The molecular weight excluding hydrogens is 352 g/mol. The minimum Gasteiger partial charge on any atom is -0.350 e. The maximum atomic E-state index is 12.5. The van der Waals surface area contributed by atoms with Crippen molar-refractivity contribution in [2.45, 2.75) is 25.8 Å². The van der Waals surface area contributed by atoms with Gasteiger partial charge in [-0.05, 0) is 24.1 Å². The smallest absolute Gasteiger partial charge is 0.221 e. The Hall–Kier alpha value is -2.17. The molecule has 3 nitrogen and oxygen atoms in total. The van der Waals surface area contributed by atoms with E-state index in [1.165, 1.54) is 0 Å². The highest BCUT2D eigenvalue weighted by Crippen LogP contribution is 2.32. The average Bonchev–Trinajstić information content (AvgIpc) is 3.05. The maximum Gasteiger partial charge on any atom is 0.221 e. The lowest BCUT2D eigenvalue weighted by Gasteiger charge is -2.19. The monoisotopic (exact) mass is 370 g/mol. The molecule has 2 aromatic carbocycles. The van der Waals surface area contributed by atoms with E-state index in [1.54, 1.807) is 11.3 Å². The Morgan fingerprint density at radius 1 is 1.16 bits per heavy atom. The van der Waals surface area contributed by atoms with Gasteiger partial charge in [-0.1, -0.05) is 60.1 Å². The molecule has 0 aliphatic carbocycles. The van der Waals surface area contributed by atoms with Gasteiger partial charge in [0.2, 0.25) is 5.91 Å². The van der Waals surface area contributed by atoms with Crippen molar-refractivity contribution >= 4 is 28.8 Å². The van der Waals surface area contributed by atoms with Gasteiger partial charge in [0.15, 0.2) is 0 Å². The summed E-state index contributed by atoms with van der Waals surface area (Å²) in [6.45, 7) is 2.41. The van der Waals surface area contributed by atoms with Crippen LogP contribution in [0.25, 0.3) is 0 Å². The van der Waals surface area contributed by atoms with E-state index < -0.39 is 0 Å². The summed E-state index contributed by atoms with van der Waals surface area (Å²) in [7, 11) is 0. The van der Waals surface area contributed by atoms with Crippen molar-refractivity contribution in [3.8, 4) is 0 Å². The van der Waals surface area contributed by atoms with Crippen LogP contribution in [0.2, 0.25) is 5.02 Å². The van der Waals surface area contributed by atoms with Crippen molar-refractivity contribution in [2.75, 3.05) is 0 Å². The molecule has 0 bridgehead atoms. The van der Waals surface area contributed by atoms with Gasteiger partial charge in [0.05, 0.1) is 17.2 Å². The number of nitrogens with zero attached hydrogens (tertiary/aromatic N) is 1. The first-order valence-electron chi connectivity index (χ1n) is 8.10. The molecule has 0 aliphatic heterocycles. The Bertz CT molecular complexity index is 848. The first-order chi connectivity index (χ1) is 12.1. The van der Waals surface area contributed by atoms with E-state index in [0.29, 0.717) is 18.0 Å². The maximum absolute atomic E-state index is 12.5. The molecule has 5 heteroatoms. The molecule has 1 N–H and O–H groups in total. The fourth-order valence-electron chi connectivity index (χ4n) is 2.79. The first-order valence-corrected chi connectivity index (χ1v) is 9.36. The third kappa shape index (κ3) is 4.68. The minimum atomic E-state index is -0.0768. The molecule has 1 heterocycles. The zero-order valence-electron chi connectivity index (χ0n) is 13.9. The average molecular weight is 371 g/mol. The number of hydrogen-bond donors (Lipinski definition) is 1. The Kier molecular flexibility index (Phi) is 5.84. The Balaban J connectivity index is 1.76. The summed E-state index contributed by atoms with van der Waals surface area (Å²) in [4.78, 5) is 16.9. The molecule has 0 spiro atoms. The molecule has 3 rings (SSSR count). The van der Waals surface area contributed by atoms with Crippen LogP contribution in [0.15, 0.2) is 60.0 Å². The highest BCUT2D eigenvalue weighted by Gasteiger charge is 2.20. The standard InChI is InChI=1S/C20H19ClN2OS/c1-14-23-16(13-25-14)12-22-20(24)11-18(15-7-3-2-4-8-15)17-9-5-6-10-19(17)21/h2-10,13,18H,11-12H2,1H3,(H,22,24)/t18-/m1/s1. The normalized spacial score (nSPS) is 11.9. The van der Waals surface area contributed by atoms with Crippen molar-refractivity contribution in [2.24, 2.45) is 0 Å². The van der Waals surface area contributed by atoms with E-state index in [1.807, 2.05) is 66.9 Å². The summed E-state index contributed by atoms with van der Waals surface area (Å²) in [6.07, 6.45) is 0.344. The second-order valence-corrected chi connectivity index (χ2v) is 7.29. The molecule has 0 unspecified atom stereocenters. The Morgan fingerprint density at radius 3 is 2.56 bits per heavy atom. The summed E-state index contributed by atoms with van der Waals surface area (Å²) in [5, 5.41) is 6.62. The lowest BCUT2D eigenvalue weighted by Crippen LogP contribution is -2.25. The predicted molar refractivity (Wildman–Crippen MR) is 103 cm³/mol. The third-order valence-corrected chi connectivity index (χ3v) is 5.17. The lowest BCUT2D eigenvalue weighted by molar-refractivity contribution is -0.121. The molecule has 0 saturated carbocycles. The van der Waals surface area contributed by atoms with Gasteiger partial charge in [-0.2, -0.15) is 0 Å². The molecule has 1 aromatic heterocycles. The number of aromatic nitrogens is 1. The fourth-order valence-corrected chi connectivity index (χ4v) is 3.67. The summed E-state index contributed by atoms with van der Waals surface area (Å²) >= 11 is 7.97. The minimum absolute atomic E-state index is 0.0144. The second-order valence-electron chi connectivity index (χ2n) is 5.82. The van der Waals surface area contributed by atoms with Crippen LogP contribution < -0.4 is 5.32 Å². The number of nitrogens with one attached hydrogen (secondary N) is 1. The van der Waals surface area contributed by atoms with E-state index in [4.69, 9.17) is 11.6 Å². The van der Waals surface area contributed by atoms with Crippen molar-refractivity contribution in [3.05, 3.63) is 86.8 Å². The summed E-state index contributed by atoms with van der Waals surface area (Å²) in [5.41, 5.74) is 2.94. The van der Waals surface area contributed by atoms with E-state index in [-0.39, 0.29) is 11.8 Å².